The summed E-state index contributed by atoms with van der Waals surface area (Å²) in [7, 11) is 0. The van der Waals surface area contributed by atoms with Gasteiger partial charge in [0.1, 0.15) is 0 Å². The lowest BCUT2D eigenvalue weighted by Gasteiger charge is -2.37. The van der Waals surface area contributed by atoms with Crippen LogP contribution >= 0.6 is 11.8 Å². The third-order valence-electron chi connectivity index (χ3n) is 4.11. The Kier molecular flexibility index (Phi) is 3.61. The molecule has 0 aliphatic carbocycles. The van der Waals surface area contributed by atoms with Crippen LogP contribution in [-0.2, 0) is 0 Å². The highest BCUT2D eigenvalue weighted by atomic mass is 32.2. The fourth-order valence-electron chi connectivity index (χ4n) is 3.16. The minimum absolute atomic E-state index is 0.0126. The second-order valence-electron chi connectivity index (χ2n) is 5.47. The largest absolute Gasteiger partial charge is 0.294 e. The predicted octanol–water partition coefficient (Wildman–Crippen LogP) is 4.21. The molecule has 2 fully saturated rings. The van der Waals surface area contributed by atoms with Crippen molar-refractivity contribution in [2.24, 2.45) is 5.92 Å². The molecule has 1 aromatic carbocycles. The fourth-order valence-corrected chi connectivity index (χ4v) is 4.99. The van der Waals surface area contributed by atoms with Crippen LogP contribution in [0.25, 0.3) is 0 Å². The van der Waals surface area contributed by atoms with Gasteiger partial charge in [0.25, 0.3) is 0 Å². The number of benzene rings is 1. The van der Waals surface area contributed by atoms with E-state index in [4.69, 9.17) is 0 Å². The molecular formula is C15H16F2OS. The number of thioether (sulfide) groups is 1. The SMILES string of the molecule is O=C(c1ccc(F)c(F)c1)C1CC2CCCC(C1)S2. The first-order valence-electron chi connectivity index (χ1n) is 6.78. The number of hydrogen-bond acceptors (Lipinski definition) is 2. The van der Waals surface area contributed by atoms with Crippen molar-refractivity contribution in [1.29, 1.82) is 0 Å². The number of rotatable bonds is 2. The third kappa shape index (κ3) is 2.69. The van der Waals surface area contributed by atoms with E-state index in [0.717, 1.165) is 25.0 Å². The molecule has 2 atom stereocenters. The highest BCUT2D eigenvalue weighted by Gasteiger charge is 2.35. The van der Waals surface area contributed by atoms with Gasteiger partial charge in [-0.1, -0.05) is 6.42 Å². The summed E-state index contributed by atoms with van der Waals surface area (Å²) in [4.78, 5) is 12.4. The van der Waals surface area contributed by atoms with Crippen LogP contribution in [0.15, 0.2) is 18.2 Å². The minimum atomic E-state index is -0.934. The molecule has 0 aromatic heterocycles. The van der Waals surface area contributed by atoms with E-state index < -0.39 is 11.6 Å². The molecule has 2 bridgehead atoms. The Morgan fingerprint density at radius 3 is 2.42 bits per heavy atom. The summed E-state index contributed by atoms with van der Waals surface area (Å²) >= 11 is 2.01. The lowest BCUT2D eigenvalue weighted by Crippen LogP contribution is -2.32. The van der Waals surface area contributed by atoms with Gasteiger partial charge >= 0.3 is 0 Å². The molecule has 0 radical (unpaired) electrons. The summed E-state index contributed by atoms with van der Waals surface area (Å²) in [5.41, 5.74) is 0.314. The fraction of sp³-hybridized carbons (Fsp3) is 0.533. The minimum Gasteiger partial charge on any atom is -0.294 e. The van der Waals surface area contributed by atoms with Gasteiger partial charge in [-0.15, -0.1) is 0 Å². The molecule has 19 heavy (non-hydrogen) atoms. The monoisotopic (exact) mass is 282 g/mol. The first kappa shape index (κ1) is 13.1. The summed E-state index contributed by atoms with van der Waals surface area (Å²) in [6, 6.07) is 3.48. The number of carbonyl (C=O) groups excluding carboxylic acids is 1. The molecule has 4 heteroatoms. The van der Waals surface area contributed by atoms with Gasteiger partial charge in [-0.2, -0.15) is 11.8 Å². The van der Waals surface area contributed by atoms with E-state index in [9.17, 15) is 13.6 Å². The molecule has 0 N–H and O–H groups in total. The molecule has 0 spiro atoms. The van der Waals surface area contributed by atoms with Crippen LogP contribution in [0.3, 0.4) is 0 Å². The summed E-state index contributed by atoms with van der Waals surface area (Å²) in [6.45, 7) is 0. The van der Waals surface area contributed by atoms with Crippen LogP contribution < -0.4 is 0 Å². The van der Waals surface area contributed by atoms with Gasteiger partial charge in [0.05, 0.1) is 0 Å². The Morgan fingerprint density at radius 2 is 1.79 bits per heavy atom. The Bertz CT molecular complexity index is 491. The normalized spacial score (nSPS) is 30.1. The van der Waals surface area contributed by atoms with Crippen LogP contribution in [0.2, 0.25) is 0 Å². The molecule has 0 amide bonds. The van der Waals surface area contributed by atoms with Gasteiger partial charge in [0.2, 0.25) is 0 Å². The van der Waals surface area contributed by atoms with E-state index in [1.807, 2.05) is 11.8 Å². The summed E-state index contributed by atoms with van der Waals surface area (Å²) in [5, 5.41) is 1.15. The molecule has 2 saturated heterocycles. The predicted molar refractivity (Wildman–Crippen MR) is 72.4 cm³/mol. The van der Waals surface area contributed by atoms with Crippen molar-refractivity contribution in [2.75, 3.05) is 0 Å². The zero-order valence-corrected chi connectivity index (χ0v) is 11.4. The highest BCUT2D eigenvalue weighted by Crippen LogP contribution is 2.44. The van der Waals surface area contributed by atoms with Crippen molar-refractivity contribution in [3.05, 3.63) is 35.4 Å². The summed E-state index contributed by atoms with van der Waals surface area (Å²) in [5.74, 6) is -1.86. The number of halogens is 2. The standard InChI is InChI=1S/C15H16F2OS/c16-13-5-4-9(8-14(13)17)15(18)10-6-11-2-1-3-12(7-10)19-11/h4-5,8,10-12H,1-3,6-7H2. The molecule has 3 rings (SSSR count). The second kappa shape index (κ2) is 5.23. The highest BCUT2D eigenvalue weighted by molar-refractivity contribution is 8.00. The Hall–Kier alpha value is -0.900. The Balaban J connectivity index is 1.78. The molecular weight excluding hydrogens is 266 g/mol. The molecule has 102 valence electrons. The van der Waals surface area contributed by atoms with Gasteiger partial charge in [-0.25, -0.2) is 8.78 Å². The van der Waals surface area contributed by atoms with Crippen molar-refractivity contribution in [1.82, 2.24) is 0 Å². The molecule has 2 heterocycles. The zero-order valence-electron chi connectivity index (χ0n) is 10.6. The maximum Gasteiger partial charge on any atom is 0.166 e. The van der Waals surface area contributed by atoms with Crippen molar-refractivity contribution in [2.45, 2.75) is 42.6 Å². The molecule has 1 aromatic rings. The number of Topliss-reactive ketones (excluding diaryl/α,β-unsaturated/α-hetero) is 1. The number of hydrogen-bond donors (Lipinski definition) is 0. The molecule has 1 nitrogen and oxygen atoms in total. The van der Waals surface area contributed by atoms with Gasteiger partial charge in [0.15, 0.2) is 17.4 Å². The summed E-state index contributed by atoms with van der Waals surface area (Å²) < 4.78 is 26.1. The van der Waals surface area contributed by atoms with Crippen molar-refractivity contribution in [3.8, 4) is 0 Å². The maximum atomic E-state index is 13.2. The maximum absolute atomic E-state index is 13.2. The third-order valence-corrected chi connectivity index (χ3v) is 5.73. The lowest BCUT2D eigenvalue weighted by atomic mass is 9.84. The van der Waals surface area contributed by atoms with Gasteiger partial charge < -0.3 is 0 Å². The average Bonchev–Trinajstić information content (AvgIpc) is 2.40. The zero-order chi connectivity index (χ0) is 13.4. The van der Waals surface area contributed by atoms with Gasteiger partial charge in [-0.05, 0) is 43.9 Å². The molecule has 0 saturated carbocycles. The average molecular weight is 282 g/mol. The van der Waals surface area contributed by atoms with Gasteiger partial charge in [0, 0.05) is 22.0 Å². The first-order valence-corrected chi connectivity index (χ1v) is 7.72. The first-order chi connectivity index (χ1) is 9.13. The van der Waals surface area contributed by atoms with Gasteiger partial charge in [-0.3, -0.25) is 4.79 Å². The number of carbonyl (C=O) groups is 1. The number of fused-ring (bicyclic) bond motifs is 2. The van der Waals surface area contributed by atoms with E-state index >= 15 is 0 Å². The van der Waals surface area contributed by atoms with E-state index in [1.165, 1.54) is 25.3 Å². The Morgan fingerprint density at radius 1 is 1.11 bits per heavy atom. The van der Waals surface area contributed by atoms with E-state index in [-0.39, 0.29) is 11.7 Å². The van der Waals surface area contributed by atoms with E-state index in [1.54, 1.807) is 0 Å². The Labute approximate surface area is 115 Å². The van der Waals surface area contributed by atoms with Crippen LogP contribution in [0, 0.1) is 17.6 Å². The number of ketones is 1. The lowest BCUT2D eigenvalue weighted by molar-refractivity contribution is 0.0896. The van der Waals surface area contributed by atoms with Crippen molar-refractivity contribution >= 4 is 17.5 Å². The summed E-state index contributed by atoms with van der Waals surface area (Å²) in [6.07, 6.45) is 5.40. The molecule has 2 aliphatic rings. The van der Waals surface area contributed by atoms with Crippen LogP contribution in [0.5, 0.6) is 0 Å². The quantitative estimate of drug-likeness (QED) is 0.756. The van der Waals surface area contributed by atoms with Crippen LogP contribution in [0.4, 0.5) is 8.78 Å². The van der Waals surface area contributed by atoms with Crippen LogP contribution in [0.1, 0.15) is 42.5 Å². The van der Waals surface area contributed by atoms with Crippen molar-refractivity contribution < 1.29 is 13.6 Å². The second-order valence-corrected chi connectivity index (χ2v) is 7.08. The van der Waals surface area contributed by atoms with Crippen LogP contribution in [-0.4, -0.2) is 16.3 Å². The smallest absolute Gasteiger partial charge is 0.166 e. The molecule has 2 unspecified atom stereocenters. The molecule has 2 aliphatic heterocycles. The van der Waals surface area contributed by atoms with E-state index in [0.29, 0.717) is 16.1 Å². The topological polar surface area (TPSA) is 17.1 Å². The van der Waals surface area contributed by atoms with E-state index in [2.05, 4.69) is 0 Å². The van der Waals surface area contributed by atoms with Crippen molar-refractivity contribution in [3.63, 3.8) is 0 Å².